The molecule has 3 rings (SSSR count). The van der Waals surface area contributed by atoms with Crippen molar-refractivity contribution in [3.05, 3.63) is 35.7 Å². The maximum atomic E-state index is 12.1. The highest BCUT2D eigenvalue weighted by atomic mass is 32.2. The number of thioether (sulfide) groups is 1. The highest BCUT2D eigenvalue weighted by molar-refractivity contribution is 7.99. The largest absolute Gasteiger partial charge is 0.325 e. The minimum absolute atomic E-state index is 0.00901. The number of hydrogen-bond donors (Lipinski definition) is 1. The van der Waals surface area contributed by atoms with Crippen LogP contribution in [-0.2, 0) is 17.8 Å². The van der Waals surface area contributed by atoms with E-state index >= 15 is 0 Å². The Morgan fingerprint density at radius 3 is 3.00 bits per heavy atom. The van der Waals surface area contributed by atoms with E-state index in [9.17, 15) is 4.79 Å². The third-order valence-electron chi connectivity index (χ3n) is 3.83. The zero-order valence-electron chi connectivity index (χ0n) is 12.7. The van der Waals surface area contributed by atoms with Crippen molar-refractivity contribution in [2.45, 2.75) is 44.3 Å². The summed E-state index contributed by atoms with van der Waals surface area (Å²) in [6.45, 7) is 2.95. The molecule has 1 aliphatic rings. The van der Waals surface area contributed by atoms with Gasteiger partial charge in [0, 0.05) is 18.7 Å². The molecule has 0 saturated heterocycles. The molecular weight excluding hydrogens is 296 g/mol. The summed E-state index contributed by atoms with van der Waals surface area (Å²) >= 11 is 1.46. The van der Waals surface area contributed by atoms with Crippen LogP contribution in [0.4, 0.5) is 5.69 Å². The summed E-state index contributed by atoms with van der Waals surface area (Å²) in [5.41, 5.74) is 1.94. The van der Waals surface area contributed by atoms with Crippen molar-refractivity contribution in [1.29, 1.82) is 0 Å². The van der Waals surface area contributed by atoms with Crippen molar-refractivity contribution in [2.75, 3.05) is 11.1 Å². The Labute approximate surface area is 134 Å². The molecule has 2 aromatic rings. The van der Waals surface area contributed by atoms with Crippen LogP contribution in [0.15, 0.2) is 29.4 Å². The van der Waals surface area contributed by atoms with Gasteiger partial charge in [0.1, 0.15) is 5.82 Å². The Morgan fingerprint density at radius 1 is 1.27 bits per heavy atom. The van der Waals surface area contributed by atoms with Crippen LogP contribution in [0.2, 0.25) is 0 Å². The molecule has 6 heteroatoms. The fourth-order valence-corrected chi connectivity index (χ4v) is 3.38. The molecule has 5 nitrogen and oxygen atoms in total. The van der Waals surface area contributed by atoms with Gasteiger partial charge in [0.25, 0.3) is 0 Å². The predicted molar refractivity (Wildman–Crippen MR) is 88.1 cm³/mol. The number of aromatic nitrogens is 3. The fraction of sp³-hybridized carbons (Fsp3) is 0.438. The fourth-order valence-electron chi connectivity index (χ4n) is 2.59. The van der Waals surface area contributed by atoms with Crippen molar-refractivity contribution in [2.24, 2.45) is 0 Å². The first kappa shape index (κ1) is 15.1. The predicted octanol–water partition coefficient (Wildman–Crippen LogP) is 3.04. The summed E-state index contributed by atoms with van der Waals surface area (Å²) in [5.74, 6) is 1.40. The molecule has 116 valence electrons. The Bertz CT molecular complexity index is 668. The minimum atomic E-state index is -0.00901. The second kappa shape index (κ2) is 6.96. The maximum absolute atomic E-state index is 12.1. The molecule has 1 aromatic heterocycles. The lowest BCUT2D eigenvalue weighted by Crippen LogP contribution is -2.15. The van der Waals surface area contributed by atoms with Crippen LogP contribution in [0.1, 0.15) is 30.7 Å². The molecule has 0 spiro atoms. The topological polar surface area (TPSA) is 59.8 Å². The molecule has 0 unspecified atom stereocenters. The average Bonchev–Trinajstić information content (AvgIpc) is 2.75. The van der Waals surface area contributed by atoms with Crippen molar-refractivity contribution in [3.63, 3.8) is 0 Å². The molecule has 0 atom stereocenters. The molecule has 1 amide bonds. The number of carbonyl (C=O) groups is 1. The number of nitrogens with one attached hydrogen (secondary N) is 1. The molecule has 1 N–H and O–H groups in total. The number of carbonyl (C=O) groups excluding carboxylic acids is 1. The minimum Gasteiger partial charge on any atom is -0.325 e. The standard InChI is InChI=1S/C16H20N4OS/c1-12-7-4-5-8-13(12)17-15(21)11-22-16-19-18-14-9-3-2-6-10-20(14)16/h4-5,7-8H,2-3,6,9-11H2,1H3,(H,17,21). The number of anilines is 1. The van der Waals surface area contributed by atoms with Crippen LogP contribution < -0.4 is 5.32 Å². The number of benzene rings is 1. The second-order valence-corrected chi connectivity index (χ2v) is 6.46. The van der Waals surface area contributed by atoms with Gasteiger partial charge in [-0.2, -0.15) is 0 Å². The molecule has 0 saturated carbocycles. The van der Waals surface area contributed by atoms with Crippen LogP contribution in [0, 0.1) is 6.92 Å². The van der Waals surface area contributed by atoms with Gasteiger partial charge in [-0.3, -0.25) is 4.79 Å². The van der Waals surface area contributed by atoms with Gasteiger partial charge < -0.3 is 9.88 Å². The van der Waals surface area contributed by atoms with E-state index in [1.807, 2.05) is 31.2 Å². The molecule has 1 aliphatic heterocycles. The Balaban J connectivity index is 1.60. The molecular formula is C16H20N4OS. The van der Waals surface area contributed by atoms with Crippen LogP contribution >= 0.6 is 11.8 Å². The SMILES string of the molecule is Cc1ccccc1NC(=O)CSc1nnc2n1CCCCC2. The van der Waals surface area contributed by atoms with E-state index in [1.54, 1.807) is 0 Å². The van der Waals surface area contributed by atoms with Crippen molar-refractivity contribution >= 4 is 23.4 Å². The number of fused-ring (bicyclic) bond motifs is 1. The second-order valence-electron chi connectivity index (χ2n) is 5.51. The van der Waals surface area contributed by atoms with Gasteiger partial charge >= 0.3 is 0 Å². The monoisotopic (exact) mass is 316 g/mol. The highest BCUT2D eigenvalue weighted by Gasteiger charge is 2.16. The molecule has 0 radical (unpaired) electrons. The van der Waals surface area contributed by atoms with Crippen LogP contribution in [-0.4, -0.2) is 26.4 Å². The lowest BCUT2D eigenvalue weighted by atomic mass is 10.2. The van der Waals surface area contributed by atoms with Crippen molar-refractivity contribution in [1.82, 2.24) is 14.8 Å². The first-order valence-electron chi connectivity index (χ1n) is 7.64. The van der Waals surface area contributed by atoms with Crippen molar-refractivity contribution < 1.29 is 4.79 Å². The molecule has 1 aromatic carbocycles. The number of aryl methyl sites for hydroxylation is 2. The number of nitrogens with zero attached hydrogens (tertiary/aromatic N) is 3. The lowest BCUT2D eigenvalue weighted by Gasteiger charge is -2.08. The summed E-state index contributed by atoms with van der Waals surface area (Å²) in [6.07, 6.45) is 4.56. The molecule has 2 heterocycles. The van der Waals surface area contributed by atoms with E-state index in [0.29, 0.717) is 5.75 Å². The Hall–Kier alpha value is -1.82. The Morgan fingerprint density at radius 2 is 2.14 bits per heavy atom. The van der Waals surface area contributed by atoms with E-state index in [0.717, 1.165) is 41.6 Å². The third-order valence-corrected chi connectivity index (χ3v) is 4.79. The first-order valence-corrected chi connectivity index (χ1v) is 8.63. The maximum Gasteiger partial charge on any atom is 0.234 e. The average molecular weight is 316 g/mol. The number of hydrogen-bond acceptors (Lipinski definition) is 4. The highest BCUT2D eigenvalue weighted by Crippen LogP contribution is 2.22. The third kappa shape index (κ3) is 3.50. The first-order chi connectivity index (χ1) is 10.7. The summed E-state index contributed by atoms with van der Waals surface area (Å²) < 4.78 is 2.17. The molecule has 22 heavy (non-hydrogen) atoms. The zero-order chi connectivity index (χ0) is 15.4. The summed E-state index contributed by atoms with van der Waals surface area (Å²) in [7, 11) is 0. The summed E-state index contributed by atoms with van der Waals surface area (Å²) in [6, 6.07) is 7.79. The van der Waals surface area contributed by atoms with Gasteiger partial charge in [-0.25, -0.2) is 0 Å². The van der Waals surface area contributed by atoms with Crippen LogP contribution in [0.25, 0.3) is 0 Å². The lowest BCUT2D eigenvalue weighted by molar-refractivity contribution is -0.113. The van der Waals surface area contributed by atoms with Crippen LogP contribution in [0.3, 0.4) is 0 Å². The van der Waals surface area contributed by atoms with E-state index in [-0.39, 0.29) is 5.91 Å². The smallest absolute Gasteiger partial charge is 0.234 e. The van der Waals surface area contributed by atoms with E-state index < -0.39 is 0 Å². The zero-order valence-corrected chi connectivity index (χ0v) is 13.5. The van der Waals surface area contributed by atoms with E-state index in [1.165, 1.54) is 24.6 Å². The van der Waals surface area contributed by atoms with Crippen LogP contribution in [0.5, 0.6) is 0 Å². The number of rotatable bonds is 4. The quantitative estimate of drug-likeness (QED) is 0.881. The van der Waals surface area contributed by atoms with Gasteiger partial charge in [-0.05, 0) is 31.4 Å². The van der Waals surface area contributed by atoms with Gasteiger partial charge in [0.15, 0.2) is 5.16 Å². The van der Waals surface area contributed by atoms with Crippen molar-refractivity contribution in [3.8, 4) is 0 Å². The van der Waals surface area contributed by atoms with Gasteiger partial charge in [-0.1, -0.05) is 36.4 Å². The van der Waals surface area contributed by atoms with Gasteiger partial charge in [-0.15, -0.1) is 10.2 Å². The molecule has 0 bridgehead atoms. The van der Waals surface area contributed by atoms with E-state index in [2.05, 4.69) is 20.1 Å². The summed E-state index contributed by atoms with van der Waals surface area (Å²) in [4.78, 5) is 12.1. The normalized spacial score (nSPS) is 14.2. The Kier molecular flexibility index (Phi) is 4.77. The van der Waals surface area contributed by atoms with Gasteiger partial charge in [0.2, 0.25) is 5.91 Å². The molecule has 0 fully saturated rings. The number of amides is 1. The van der Waals surface area contributed by atoms with E-state index in [4.69, 9.17) is 0 Å². The molecule has 0 aliphatic carbocycles. The number of para-hydroxylation sites is 1. The summed E-state index contributed by atoms with van der Waals surface area (Å²) in [5, 5.41) is 12.3. The van der Waals surface area contributed by atoms with Gasteiger partial charge in [0.05, 0.1) is 5.75 Å².